The van der Waals surface area contributed by atoms with Gasteiger partial charge in [-0.3, -0.25) is 14.5 Å². The largest absolute Gasteiger partial charge is 0.461 e. The molecular formula is C30H31Cl2N3O4S. The lowest BCUT2D eigenvalue weighted by Crippen LogP contribution is -2.45. The lowest BCUT2D eigenvalue weighted by atomic mass is 9.81. The van der Waals surface area contributed by atoms with Crippen LogP contribution >= 0.6 is 35.0 Å². The standard InChI is InChI=1S/C30H31Cl2N3O4S/c1-16(2)24-25(27(37)34-22(14-15-23(34)36)28(38)39-17(3)4)40-29-33-30(5,19-8-12-21(32)13-9-19)26(35(24)29)18-6-10-20(31)11-7-18/h6-13,16-17,22,26H,14-15H2,1-5H3/t22-,26+,30-/m0/s1. The Balaban J connectivity index is 1.60. The molecule has 0 bridgehead atoms. The molecule has 2 amide bonds. The van der Waals surface area contributed by atoms with Gasteiger partial charge in [0, 0.05) is 22.2 Å². The number of hydrogen-bond acceptors (Lipinski definition) is 7. The summed E-state index contributed by atoms with van der Waals surface area (Å²) in [6.07, 6.45) is 0.0141. The molecule has 210 valence electrons. The van der Waals surface area contributed by atoms with Crippen LogP contribution in [0.15, 0.2) is 64.1 Å². The van der Waals surface area contributed by atoms with Crippen molar-refractivity contribution in [1.29, 1.82) is 0 Å². The zero-order chi connectivity index (χ0) is 28.9. The van der Waals surface area contributed by atoms with Crippen LogP contribution in [0.1, 0.15) is 64.6 Å². The first-order valence-electron chi connectivity index (χ1n) is 13.3. The second-order valence-electron chi connectivity index (χ2n) is 11.0. The van der Waals surface area contributed by atoms with E-state index in [2.05, 4.69) is 11.8 Å². The van der Waals surface area contributed by atoms with Crippen LogP contribution in [-0.4, -0.2) is 44.9 Å². The normalized spacial score (nSPS) is 24.3. The SMILES string of the molecule is CC(C)OC(=O)[C@@H]1CCC(=O)N1C(=O)C1=C(C(C)C)N2C(=N[C@@](C)(c3ccc(Cl)cc3)[C@H]2c2ccc(Cl)cc2)S1. The second-order valence-corrected chi connectivity index (χ2v) is 12.8. The molecule has 0 spiro atoms. The molecule has 0 unspecified atom stereocenters. The minimum atomic E-state index is -0.937. The number of amides is 2. The Morgan fingerprint density at radius 2 is 1.62 bits per heavy atom. The summed E-state index contributed by atoms with van der Waals surface area (Å²) < 4.78 is 5.38. The molecule has 1 saturated heterocycles. The van der Waals surface area contributed by atoms with Gasteiger partial charge >= 0.3 is 5.97 Å². The first-order valence-corrected chi connectivity index (χ1v) is 14.9. The molecular weight excluding hydrogens is 569 g/mol. The van der Waals surface area contributed by atoms with Crippen LogP contribution in [0.25, 0.3) is 0 Å². The predicted molar refractivity (Wildman–Crippen MR) is 158 cm³/mol. The van der Waals surface area contributed by atoms with Gasteiger partial charge in [-0.25, -0.2) is 9.79 Å². The van der Waals surface area contributed by atoms with E-state index in [4.69, 9.17) is 32.9 Å². The van der Waals surface area contributed by atoms with Crippen molar-refractivity contribution in [2.24, 2.45) is 10.9 Å². The number of amidine groups is 1. The van der Waals surface area contributed by atoms with E-state index in [0.29, 0.717) is 20.1 Å². The lowest BCUT2D eigenvalue weighted by molar-refractivity contribution is -0.159. The summed E-state index contributed by atoms with van der Waals surface area (Å²) in [5.74, 6) is -1.50. The van der Waals surface area contributed by atoms with E-state index in [1.165, 1.54) is 11.8 Å². The first-order chi connectivity index (χ1) is 18.9. The Morgan fingerprint density at radius 3 is 2.20 bits per heavy atom. The number of halogens is 2. The van der Waals surface area contributed by atoms with E-state index in [1.54, 1.807) is 13.8 Å². The molecule has 7 nitrogen and oxygen atoms in total. The topological polar surface area (TPSA) is 79.3 Å². The molecule has 3 atom stereocenters. The van der Waals surface area contributed by atoms with Crippen molar-refractivity contribution in [3.63, 3.8) is 0 Å². The number of carbonyl (C=O) groups is 3. The van der Waals surface area contributed by atoms with Gasteiger partial charge in [-0.2, -0.15) is 0 Å². The zero-order valence-corrected chi connectivity index (χ0v) is 25.3. The van der Waals surface area contributed by atoms with Crippen LogP contribution in [0.3, 0.4) is 0 Å². The number of fused-ring (bicyclic) bond motifs is 1. The fraction of sp³-hybridized carbons (Fsp3) is 0.400. The molecule has 3 aliphatic rings. The number of likely N-dealkylation sites (tertiary alicyclic amines) is 1. The van der Waals surface area contributed by atoms with Crippen molar-refractivity contribution in [2.75, 3.05) is 0 Å². The zero-order valence-electron chi connectivity index (χ0n) is 23.0. The molecule has 2 aromatic rings. The molecule has 3 heterocycles. The van der Waals surface area contributed by atoms with Crippen LogP contribution in [0.4, 0.5) is 0 Å². The quantitative estimate of drug-likeness (QED) is 0.271. The highest BCUT2D eigenvalue weighted by Gasteiger charge is 2.54. The van der Waals surface area contributed by atoms with Crippen molar-refractivity contribution >= 4 is 57.9 Å². The third-order valence-corrected chi connectivity index (χ3v) is 8.98. The van der Waals surface area contributed by atoms with Gasteiger partial charge in [-0.15, -0.1) is 0 Å². The maximum Gasteiger partial charge on any atom is 0.329 e. The fourth-order valence-corrected chi connectivity index (χ4v) is 7.24. The molecule has 40 heavy (non-hydrogen) atoms. The number of aliphatic imine (C=N–C) groups is 1. The number of nitrogens with zero attached hydrogens (tertiary/aromatic N) is 3. The molecule has 1 fully saturated rings. The Morgan fingerprint density at radius 1 is 1.02 bits per heavy atom. The van der Waals surface area contributed by atoms with Gasteiger partial charge in [-0.05, 0) is 80.3 Å². The summed E-state index contributed by atoms with van der Waals surface area (Å²) in [5, 5.41) is 1.92. The average Bonchev–Trinajstić information content (AvgIpc) is 3.53. The molecule has 3 aliphatic heterocycles. The Labute approximate surface area is 248 Å². The Hall–Kier alpha value is -2.81. The number of thioether (sulfide) groups is 1. The summed E-state index contributed by atoms with van der Waals surface area (Å²) in [7, 11) is 0. The van der Waals surface area contributed by atoms with Gasteiger partial charge in [0.05, 0.1) is 12.1 Å². The number of allylic oxidation sites excluding steroid dienone is 1. The molecule has 0 radical (unpaired) electrons. The minimum absolute atomic E-state index is 0.0831. The number of imide groups is 1. The Kier molecular flexibility index (Phi) is 7.81. The molecule has 5 rings (SSSR count). The maximum absolute atomic E-state index is 14.1. The van der Waals surface area contributed by atoms with E-state index in [-0.39, 0.29) is 36.8 Å². The highest BCUT2D eigenvalue weighted by molar-refractivity contribution is 8.18. The monoisotopic (exact) mass is 599 g/mol. The third kappa shape index (κ3) is 4.95. The van der Waals surface area contributed by atoms with Crippen LogP contribution in [0, 0.1) is 5.92 Å². The summed E-state index contributed by atoms with van der Waals surface area (Å²) in [5.41, 5.74) is 2.01. The number of ether oxygens (including phenoxy) is 1. The van der Waals surface area contributed by atoms with Crippen LogP contribution in [-0.2, 0) is 24.7 Å². The summed E-state index contributed by atoms with van der Waals surface area (Å²) in [4.78, 5) is 48.6. The van der Waals surface area contributed by atoms with Crippen molar-refractivity contribution < 1.29 is 19.1 Å². The highest BCUT2D eigenvalue weighted by Crippen LogP contribution is 2.56. The smallest absolute Gasteiger partial charge is 0.329 e. The second kappa shape index (κ2) is 10.9. The van der Waals surface area contributed by atoms with Crippen molar-refractivity contribution in [3.05, 3.63) is 80.3 Å². The van der Waals surface area contributed by atoms with Gasteiger partial charge in [0.25, 0.3) is 5.91 Å². The predicted octanol–water partition coefficient (Wildman–Crippen LogP) is 6.71. The molecule has 10 heteroatoms. The van der Waals surface area contributed by atoms with Crippen LogP contribution in [0.5, 0.6) is 0 Å². The highest BCUT2D eigenvalue weighted by atomic mass is 35.5. The number of esters is 1. The lowest BCUT2D eigenvalue weighted by Gasteiger charge is -2.37. The van der Waals surface area contributed by atoms with Gasteiger partial charge in [0.1, 0.15) is 16.5 Å². The summed E-state index contributed by atoms with van der Waals surface area (Å²) in [6.45, 7) is 9.59. The fourth-order valence-electron chi connectivity index (χ4n) is 5.65. The van der Waals surface area contributed by atoms with E-state index in [0.717, 1.165) is 21.7 Å². The number of rotatable bonds is 6. The molecule has 0 saturated carbocycles. The van der Waals surface area contributed by atoms with Crippen LogP contribution < -0.4 is 0 Å². The average molecular weight is 601 g/mol. The maximum atomic E-state index is 14.1. The first kappa shape index (κ1) is 28.7. The third-order valence-electron chi connectivity index (χ3n) is 7.42. The Bertz CT molecular complexity index is 1420. The van der Waals surface area contributed by atoms with Crippen LogP contribution in [0.2, 0.25) is 10.0 Å². The minimum Gasteiger partial charge on any atom is -0.461 e. The van der Waals surface area contributed by atoms with E-state index in [9.17, 15) is 14.4 Å². The van der Waals surface area contributed by atoms with Gasteiger partial charge in [0.15, 0.2) is 5.17 Å². The number of benzene rings is 2. The molecule has 0 N–H and O–H groups in total. The van der Waals surface area contributed by atoms with E-state index in [1.807, 2.05) is 62.4 Å². The van der Waals surface area contributed by atoms with Gasteiger partial charge < -0.3 is 9.64 Å². The van der Waals surface area contributed by atoms with E-state index < -0.39 is 23.5 Å². The molecule has 0 aromatic heterocycles. The van der Waals surface area contributed by atoms with Crippen molar-refractivity contribution in [2.45, 2.75) is 71.2 Å². The molecule has 2 aromatic carbocycles. The number of hydrogen-bond donors (Lipinski definition) is 0. The summed E-state index contributed by atoms with van der Waals surface area (Å²) >= 11 is 13.7. The summed E-state index contributed by atoms with van der Waals surface area (Å²) in [6, 6.07) is 14.1. The van der Waals surface area contributed by atoms with E-state index >= 15 is 0 Å². The molecule has 0 aliphatic carbocycles. The van der Waals surface area contributed by atoms with Crippen molar-refractivity contribution in [3.8, 4) is 0 Å². The van der Waals surface area contributed by atoms with Gasteiger partial charge in [0.2, 0.25) is 5.91 Å². The van der Waals surface area contributed by atoms with Crippen molar-refractivity contribution in [1.82, 2.24) is 9.80 Å². The number of carbonyl (C=O) groups excluding carboxylic acids is 3. The van der Waals surface area contributed by atoms with Gasteiger partial charge in [-0.1, -0.05) is 61.3 Å².